The molecule has 6 heterocycles. The molecule has 5 aromatic rings. The van der Waals surface area contributed by atoms with Crippen molar-refractivity contribution in [3.63, 3.8) is 0 Å². The fourth-order valence-electron chi connectivity index (χ4n) is 4.05. The third kappa shape index (κ3) is 2.79. The molecule has 6 rings (SSSR count). The number of rotatable bonds is 3. The SMILES string of the molecule is C1=C(c2ccc3[nH]nc(-c4cc5c(-c6cccnc6)cncc5[nH]4)c3n2)CCNC1. The topological polar surface area (TPSA) is 95.2 Å². The zero-order valence-electron chi connectivity index (χ0n) is 16.2. The van der Waals surface area contributed by atoms with Gasteiger partial charge in [0, 0.05) is 41.6 Å². The largest absolute Gasteiger partial charge is 0.352 e. The molecule has 0 spiro atoms. The van der Waals surface area contributed by atoms with Crippen molar-refractivity contribution in [3.05, 3.63) is 66.9 Å². The zero-order chi connectivity index (χ0) is 19.9. The number of nitrogens with zero attached hydrogens (tertiary/aromatic N) is 4. The van der Waals surface area contributed by atoms with Crippen molar-refractivity contribution in [3.8, 4) is 22.5 Å². The Kier molecular flexibility index (Phi) is 3.92. The highest BCUT2D eigenvalue weighted by molar-refractivity contribution is 5.99. The maximum Gasteiger partial charge on any atom is 0.135 e. The summed E-state index contributed by atoms with van der Waals surface area (Å²) in [5.41, 5.74) is 8.85. The minimum Gasteiger partial charge on any atom is -0.352 e. The van der Waals surface area contributed by atoms with E-state index in [0.29, 0.717) is 0 Å². The first-order valence-electron chi connectivity index (χ1n) is 9.99. The van der Waals surface area contributed by atoms with Crippen LogP contribution in [0, 0.1) is 0 Å². The van der Waals surface area contributed by atoms with Crippen LogP contribution in [-0.2, 0) is 0 Å². The fraction of sp³-hybridized carbons (Fsp3) is 0.130. The van der Waals surface area contributed by atoms with Gasteiger partial charge in [-0.1, -0.05) is 12.1 Å². The quantitative estimate of drug-likeness (QED) is 0.432. The van der Waals surface area contributed by atoms with E-state index in [-0.39, 0.29) is 0 Å². The molecule has 30 heavy (non-hydrogen) atoms. The lowest BCUT2D eigenvalue weighted by Gasteiger charge is -2.13. The van der Waals surface area contributed by atoms with Crippen molar-refractivity contribution in [1.29, 1.82) is 0 Å². The standard InChI is InChI=1S/C23H19N7/c1-2-15(11-25-7-1)17-12-26-13-21-16(17)10-20(27-21)23-22-19(29-30-23)4-3-18(28-22)14-5-8-24-9-6-14/h1-5,7,10-13,24,27H,6,8-9H2,(H,29,30). The maximum atomic E-state index is 4.95. The van der Waals surface area contributed by atoms with Gasteiger partial charge in [-0.15, -0.1) is 0 Å². The molecule has 0 radical (unpaired) electrons. The molecular formula is C23H19N7. The predicted octanol–water partition coefficient (Wildman–Crippen LogP) is 3.94. The van der Waals surface area contributed by atoms with Gasteiger partial charge >= 0.3 is 0 Å². The van der Waals surface area contributed by atoms with E-state index in [9.17, 15) is 0 Å². The average Bonchev–Trinajstić information content (AvgIpc) is 3.43. The number of hydrogen-bond acceptors (Lipinski definition) is 5. The molecule has 0 fully saturated rings. The van der Waals surface area contributed by atoms with E-state index in [1.807, 2.05) is 30.7 Å². The third-order valence-corrected chi connectivity index (χ3v) is 5.57. The van der Waals surface area contributed by atoms with Gasteiger partial charge in [0.15, 0.2) is 0 Å². The van der Waals surface area contributed by atoms with E-state index in [1.165, 1.54) is 5.57 Å². The molecule has 7 nitrogen and oxygen atoms in total. The van der Waals surface area contributed by atoms with Gasteiger partial charge in [-0.2, -0.15) is 5.10 Å². The predicted molar refractivity (Wildman–Crippen MR) is 118 cm³/mol. The van der Waals surface area contributed by atoms with Gasteiger partial charge in [0.1, 0.15) is 11.2 Å². The Bertz CT molecular complexity index is 1400. The van der Waals surface area contributed by atoms with Gasteiger partial charge in [0.05, 0.1) is 28.6 Å². The summed E-state index contributed by atoms with van der Waals surface area (Å²) >= 11 is 0. The van der Waals surface area contributed by atoms with E-state index in [4.69, 9.17) is 4.98 Å². The van der Waals surface area contributed by atoms with Crippen LogP contribution in [0.4, 0.5) is 0 Å². The highest BCUT2D eigenvalue weighted by Crippen LogP contribution is 2.33. The molecule has 146 valence electrons. The summed E-state index contributed by atoms with van der Waals surface area (Å²) in [7, 11) is 0. The number of pyridine rings is 3. The molecule has 3 N–H and O–H groups in total. The van der Waals surface area contributed by atoms with Crippen LogP contribution in [0.2, 0.25) is 0 Å². The highest BCUT2D eigenvalue weighted by Gasteiger charge is 2.16. The van der Waals surface area contributed by atoms with E-state index in [2.05, 4.69) is 54.7 Å². The van der Waals surface area contributed by atoms with Gasteiger partial charge in [-0.05, 0) is 42.8 Å². The highest BCUT2D eigenvalue weighted by atomic mass is 15.1. The Labute approximate surface area is 172 Å². The van der Waals surface area contributed by atoms with E-state index < -0.39 is 0 Å². The van der Waals surface area contributed by atoms with E-state index in [1.54, 1.807) is 6.20 Å². The summed E-state index contributed by atoms with van der Waals surface area (Å²) < 4.78 is 0. The Hall–Kier alpha value is -3.84. The normalized spacial score (nSPS) is 14.3. The number of hydrogen-bond donors (Lipinski definition) is 3. The van der Waals surface area contributed by atoms with Crippen molar-refractivity contribution < 1.29 is 0 Å². The fourth-order valence-corrected chi connectivity index (χ4v) is 4.05. The van der Waals surface area contributed by atoms with Crippen LogP contribution < -0.4 is 5.32 Å². The lowest BCUT2D eigenvalue weighted by molar-refractivity contribution is 0.737. The molecule has 0 atom stereocenters. The van der Waals surface area contributed by atoms with Gasteiger partial charge in [-0.25, -0.2) is 4.98 Å². The number of nitrogens with one attached hydrogen (secondary N) is 3. The van der Waals surface area contributed by atoms with Crippen LogP contribution in [0.5, 0.6) is 0 Å². The molecule has 0 aromatic carbocycles. The number of aromatic nitrogens is 6. The molecule has 0 unspecified atom stereocenters. The molecule has 0 aliphatic carbocycles. The first-order chi connectivity index (χ1) is 14.9. The molecule has 0 bridgehead atoms. The summed E-state index contributed by atoms with van der Waals surface area (Å²) in [6, 6.07) is 10.2. The van der Waals surface area contributed by atoms with Crippen LogP contribution in [-0.4, -0.2) is 43.2 Å². The van der Waals surface area contributed by atoms with E-state index >= 15 is 0 Å². The Morgan fingerprint density at radius 3 is 2.83 bits per heavy atom. The molecule has 1 aliphatic heterocycles. The summed E-state index contributed by atoms with van der Waals surface area (Å²) in [5, 5.41) is 12.1. The van der Waals surface area contributed by atoms with Gasteiger partial charge in [0.25, 0.3) is 0 Å². The molecular weight excluding hydrogens is 374 g/mol. The lowest BCUT2D eigenvalue weighted by atomic mass is 10.0. The lowest BCUT2D eigenvalue weighted by Crippen LogP contribution is -2.20. The first-order valence-corrected chi connectivity index (χ1v) is 9.99. The van der Waals surface area contributed by atoms with Crippen molar-refractivity contribution in [2.75, 3.05) is 13.1 Å². The minimum atomic E-state index is 0.815. The van der Waals surface area contributed by atoms with Gasteiger partial charge in [-0.3, -0.25) is 15.1 Å². The van der Waals surface area contributed by atoms with Crippen LogP contribution >= 0.6 is 0 Å². The second-order valence-corrected chi connectivity index (χ2v) is 7.42. The van der Waals surface area contributed by atoms with Crippen LogP contribution in [0.3, 0.4) is 0 Å². The second kappa shape index (κ2) is 6.89. The van der Waals surface area contributed by atoms with Crippen molar-refractivity contribution in [2.45, 2.75) is 6.42 Å². The summed E-state index contributed by atoms with van der Waals surface area (Å²) in [4.78, 5) is 17.1. The summed E-state index contributed by atoms with van der Waals surface area (Å²) in [6.45, 7) is 1.87. The molecule has 0 amide bonds. The first kappa shape index (κ1) is 17.1. The van der Waals surface area contributed by atoms with Crippen LogP contribution in [0.25, 0.3) is 50.0 Å². The summed E-state index contributed by atoms with van der Waals surface area (Å²) in [5.74, 6) is 0. The number of H-pyrrole nitrogens is 2. The minimum absolute atomic E-state index is 0.815. The van der Waals surface area contributed by atoms with Crippen molar-refractivity contribution in [1.82, 2.24) is 35.5 Å². The molecule has 1 aliphatic rings. The van der Waals surface area contributed by atoms with Gasteiger partial charge < -0.3 is 10.3 Å². The van der Waals surface area contributed by atoms with E-state index in [0.717, 1.165) is 69.7 Å². The molecule has 5 aromatic heterocycles. The summed E-state index contributed by atoms with van der Waals surface area (Å²) in [6.07, 6.45) is 10.5. The molecule has 7 heteroatoms. The Morgan fingerprint density at radius 2 is 1.97 bits per heavy atom. The average molecular weight is 393 g/mol. The smallest absolute Gasteiger partial charge is 0.135 e. The molecule has 0 saturated heterocycles. The maximum absolute atomic E-state index is 4.95. The number of fused-ring (bicyclic) bond motifs is 2. The van der Waals surface area contributed by atoms with Crippen LogP contribution in [0.15, 0.2) is 61.2 Å². The second-order valence-electron chi connectivity index (χ2n) is 7.42. The zero-order valence-corrected chi connectivity index (χ0v) is 16.2. The third-order valence-electron chi connectivity index (χ3n) is 5.57. The Morgan fingerprint density at radius 1 is 0.967 bits per heavy atom. The van der Waals surface area contributed by atoms with Gasteiger partial charge in [0.2, 0.25) is 0 Å². The number of aromatic amines is 2. The molecule has 0 saturated carbocycles. The van der Waals surface area contributed by atoms with Crippen molar-refractivity contribution in [2.24, 2.45) is 0 Å². The van der Waals surface area contributed by atoms with Crippen molar-refractivity contribution >= 4 is 27.5 Å². The van der Waals surface area contributed by atoms with Crippen LogP contribution in [0.1, 0.15) is 12.1 Å². The monoisotopic (exact) mass is 393 g/mol. The Balaban J connectivity index is 1.50.